The van der Waals surface area contributed by atoms with Crippen LogP contribution in [0.15, 0.2) is 43.0 Å². The van der Waals surface area contributed by atoms with Crippen LogP contribution >= 0.6 is 0 Å². The first-order valence-corrected chi connectivity index (χ1v) is 6.99. The van der Waals surface area contributed by atoms with Gasteiger partial charge in [0, 0.05) is 12.8 Å². The third kappa shape index (κ3) is 6.75. The first kappa shape index (κ1) is 17.0. The molecule has 0 aromatic heterocycles. The van der Waals surface area contributed by atoms with Crippen LogP contribution < -0.4 is 5.32 Å². The van der Waals surface area contributed by atoms with E-state index in [1.807, 2.05) is 30.3 Å². The number of ether oxygens (including phenoxy) is 1. The third-order valence-corrected chi connectivity index (χ3v) is 2.64. The second-order valence-corrected chi connectivity index (χ2v) is 5.84. The van der Waals surface area contributed by atoms with Crippen molar-refractivity contribution in [3.63, 3.8) is 0 Å². The van der Waals surface area contributed by atoms with E-state index in [0.717, 1.165) is 5.56 Å². The average Bonchev–Trinajstić information content (AvgIpc) is 2.37. The van der Waals surface area contributed by atoms with Gasteiger partial charge in [-0.3, -0.25) is 4.79 Å². The normalized spacial score (nSPS) is 12.3. The Balaban J connectivity index is 2.81. The molecule has 1 N–H and O–H groups in total. The molecular formula is C17H23NO3. The van der Waals surface area contributed by atoms with Gasteiger partial charge >= 0.3 is 5.97 Å². The van der Waals surface area contributed by atoms with E-state index in [1.54, 1.807) is 20.8 Å². The fraction of sp³-hybridized carbons (Fsp3) is 0.412. The number of amides is 1. The van der Waals surface area contributed by atoms with Gasteiger partial charge in [-0.25, -0.2) is 4.79 Å². The molecule has 1 atom stereocenters. The first-order valence-electron chi connectivity index (χ1n) is 6.99. The first-order chi connectivity index (χ1) is 9.81. The summed E-state index contributed by atoms with van der Waals surface area (Å²) in [6.45, 7) is 8.92. The number of hydrogen-bond donors (Lipinski definition) is 1. The van der Waals surface area contributed by atoms with Crippen LogP contribution in [0.4, 0.5) is 0 Å². The highest BCUT2D eigenvalue weighted by Crippen LogP contribution is 2.11. The van der Waals surface area contributed by atoms with Crippen LogP contribution in [0.1, 0.15) is 32.8 Å². The van der Waals surface area contributed by atoms with Gasteiger partial charge in [-0.05, 0) is 26.3 Å². The Hall–Kier alpha value is -2.10. The molecule has 4 heteroatoms. The Morgan fingerprint density at radius 2 is 1.90 bits per heavy atom. The highest BCUT2D eigenvalue weighted by atomic mass is 16.6. The lowest BCUT2D eigenvalue weighted by atomic mass is 10.1. The minimum atomic E-state index is -0.695. The molecule has 0 aliphatic carbocycles. The van der Waals surface area contributed by atoms with Gasteiger partial charge in [0.1, 0.15) is 11.6 Å². The Morgan fingerprint density at radius 3 is 2.43 bits per heavy atom. The highest BCUT2D eigenvalue weighted by molar-refractivity contribution is 5.85. The van der Waals surface area contributed by atoms with E-state index in [0.29, 0.717) is 6.42 Å². The molecule has 1 aromatic carbocycles. The average molecular weight is 289 g/mol. The molecule has 0 aliphatic heterocycles. The van der Waals surface area contributed by atoms with Crippen LogP contribution in [0.3, 0.4) is 0 Å². The minimum Gasteiger partial charge on any atom is -0.458 e. The number of carbonyl (C=O) groups is 2. The summed E-state index contributed by atoms with van der Waals surface area (Å²) < 4.78 is 5.37. The standard InChI is InChI=1S/C17H23NO3/c1-5-9-15(19)18-14(16(20)21-17(2,3)4)12-13-10-7-6-8-11-13/h5-8,10-11,14H,1,9,12H2,2-4H3,(H,18,19)/t14-/m0/s1. The van der Waals surface area contributed by atoms with E-state index in [9.17, 15) is 9.59 Å². The van der Waals surface area contributed by atoms with Gasteiger partial charge < -0.3 is 10.1 Å². The number of carbonyl (C=O) groups excluding carboxylic acids is 2. The number of hydrogen-bond acceptors (Lipinski definition) is 3. The summed E-state index contributed by atoms with van der Waals surface area (Å²) in [5, 5.41) is 2.70. The van der Waals surface area contributed by atoms with E-state index in [1.165, 1.54) is 6.08 Å². The number of benzene rings is 1. The molecule has 0 spiro atoms. The molecule has 0 unspecified atom stereocenters. The Bertz CT molecular complexity index is 489. The van der Waals surface area contributed by atoms with Crippen molar-refractivity contribution >= 4 is 11.9 Å². The van der Waals surface area contributed by atoms with Crippen molar-refractivity contribution in [3.8, 4) is 0 Å². The summed E-state index contributed by atoms with van der Waals surface area (Å²) in [7, 11) is 0. The van der Waals surface area contributed by atoms with Crippen LogP contribution in [-0.2, 0) is 20.7 Å². The van der Waals surface area contributed by atoms with Crippen molar-refractivity contribution in [1.82, 2.24) is 5.32 Å². The number of esters is 1. The number of nitrogens with one attached hydrogen (secondary N) is 1. The van der Waals surface area contributed by atoms with E-state index in [-0.39, 0.29) is 12.3 Å². The molecule has 1 amide bonds. The lowest BCUT2D eigenvalue weighted by molar-refractivity contribution is -0.158. The molecule has 1 rings (SSSR count). The zero-order valence-corrected chi connectivity index (χ0v) is 12.9. The third-order valence-electron chi connectivity index (χ3n) is 2.64. The van der Waals surface area contributed by atoms with Crippen molar-refractivity contribution in [2.24, 2.45) is 0 Å². The highest BCUT2D eigenvalue weighted by Gasteiger charge is 2.26. The Kier molecular flexibility index (Phi) is 6.15. The zero-order valence-electron chi connectivity index (χ0n) is 12.9. The predicted molar refractivity (Wildman–Crippen MR) is 82.7 cm³/mol. The van der Waals surface area contributed by atoms with E-state index in [4.69, 9.17) is 4.74 Å². The largest absolute Gasteiger partial charge is 0.458 e. The van der Waals surface area contributed by atoms with Crippen molar-refractivity contribution in [2.75, 3.05) is 0 Å². The maximum absolute atomic E-state index is 12.2. The summed E-state index contributed by atoms with van der Waals surface area (Å²) in [6, 6.07) is 8.83. The van der Waals surface area contributed by atoms with Gasteiger partial charge in [0.2, 0.25) is 5.91 Å². The lowest BCUT2D eigenvalue weighted by Crippen LogP contribution is -2.45. The summed E-state index contributed by atoms with van der Waals surface area (Å²) in [5.74, 6) is -0.666. The minimum absolute atomic E-state index is 0.175. The predicted octanol–water partition coefficient (Wildman–Crippen LogP) is 2.63. The van der Waals surface area contributed by atoms with Gasteiger partial charge in [0.15, 0.2) is 0 Å². The van der Waals surface area contributed by atoms with Crippen molar-refractivity contribution in [3.05, 3.63) is 48.6 Å². The molecule has 0 saturated heterocycles. The smallest absolute Gasteiger partial charge is 0.329 e. The molecule has 0 radical (unpaired) electrons. The number of rotatable bonds is 6. The maximum atomic E-state index is 12.2. The van der Waals surface area contributed by atoms with Crippen molar-refractivity contribution < 1.29 is 14.3 Å². The zero-order chi connectivity index (χ0) is 15.9. The monoisotopic (exact) mass is 289 g/mol. The Morgan fingerprint density at radius 1 is 1.29 bits per heavy atom. The van der Waals surface area contributed by atoms with Crippen LogP contribution in [0.5, 0.6) is 0 Å². The fourth-order valence-electron chi connectivity index (χ4n) is 1.80. The maximum Gasteiger partial charge on any atom is 0.329 e. The summed E-state index contributed by atoms with van der Waals surface area (Å²) >= 11 is 0. The molecule has 21 heavy (non-hydrogen) atoms. The second-order valence-electron chi connectivity index (χ2n) is 5.84. The summed E-state index contributed by atoms with van der Waals surface area (Å²) in [5.41, 5.74) is 0.377. The van der Waals surface area contributed by atoms with Gasteiger partial charge in [-0.2, -0.15) is 0 Å². The van der Waals surface area contributed by atoms with Gasteiger partial charge in [-0.15, -0.1) is 6.58 Å². The molecule has 0 fully saturated rings. The molecule has 4 nitrogen and oxygen atoms in total. The van der Waals surface area contributed by atoms with Crippen LogP contribution in [0.25, 0.3) is 0 Å². The molecule has 0 saturated carbocycles. The fourth-order valence-corrected chi connectivity index (χ4v) is 1.80. The molecular weight excluding hydrogens is 266 g/mol. The topological polar surface area (TPSA) is 55.4 Å². The van der Waals surface area contributed by atoms with E-state index in [2.05, 4.69) is 11.9 Å². The lowest BCUT2D eigenvalue weighted by Gasteiger charge is -2.24. The second kappa shape index (κ2) is 7.62. The molecule has 1 aromatic rings. The van der Waals surface area contributed by atoms with Crippen molar-refractivity contribution in [1.29, 1.82) is 0 Å². The summed E-state index contributed by atoms with van der Waals surface area (Å²) in [6.07, 6.45) is 2.08. The van der Waals surface area contributed by atoms with E-state index < -0.39 is 17.6 Å². The van der Waals surface area contributed by atoms with Gasteiger partial charge in [0.05, 0.1) is 0 Å². The van der Waals surface area contributed by atoms with Crippen LogP contribution in [0, 0.1) is 0 Å². The Labute approximate surface area is 126 Å². The molecule has 0 aliphatic rings. The van der Waals surface area contributed by atoms with Crippen molar-refractivity contribution in [2.45, 2.75) is 45.3 Å². The van der Waals surface area contributed by atoms with Gasteiger partial charge in [-0.1, -0.05) is 36.4 Å². The van der Waals surface area contributed by atoms with Crippen LogP contribution in [0.2, 0.25) is 0 Å². The molecule has 0 heterocycles. The van der Waals surface area contributed by atoms with Crippen LogP contribution in [-0.4, -0.2) is 23.5 Å². The molecule has 114 valence electrons. The van der Waals surface area contributed by atoms with Gasteiger partial charge in [0.25, 0.3) is 0 Å². The van der Waals surface area contributed by atoms with E-state index >= 15 is 0 Å². The summed E-state index contributed by atoms with van der Waals surface area (Å²) in [4.78, 5) is 24.0. The quantitative estimate of drug-likeness (QED) is 0.647. The molecule has 0 bridgehead atoms. The SMILES string of the molecule is C=CCC(=O)N[C@@H](Cc1ccccc1)C(=O)OC(C)(C)C.